The Balaban J connectivity index is 1.42. The predicted octanol–water partition coefficient (Wildman–Crippen LogP) is 2.81. The zero-order valence-electron chi connectivity index (χ0n) is 16.6. The molecule has 0 spiro atoms. The number of anilines is 2. The average molecular weight is 446 g/mol. The topological polar surface area (TPSA) is 91.2 Å². The van der Waals surface area contributed by atoms with Crippen molar-refractivity contribution in [3.63, 3.8) is 0 Å². The zero-order chi connectivity index (χ0) is 20.7. The van der Waals surface area contributed by atoms with Gasteiger partial charge in [0.1, 0.15) is 5.82 Å². The fraction of sp³-hybridized carbons (Fsp3) is 0.476. The van der Waals surface area contributed by atoms with Crippen LogP contribution in [0.3, 0.4) is 0 Å². The summed E-state index contributed by atoms with van der Waals surface area (Å²) in [7, 11) is -1.03. The lowest BCUT2D eigenvalue weighted by Crippen LogP contribution is -2.48. The second-order valence-electron chi connectivity index (χ2n) is 8.17. The minimum atomic E-state index is -1.03. The van der Waals surface area contributed by atoms with Crippen LogP contribution in [0.2, 0.25) is 5.02 Å². The molecule has 158 valence electrons. The molecule has 0 aromatic carbocycles. The summed E-state index contributed by atoms with van der Waals surface area (Å²) in [4.78, 5) is 16.5. The number of aliphatic hydroxyl groups excluding tert-OH is 1. The predicted molar refractivity (Wildman–Crippen MR) is 118 cm³/mol. The highest BCUT2D eigenvalue weighted by Gasteiger charge is 2.38. The Labute approximate surface area is 183 Å². The molecule has 1 atom stereocenters. The molecule has 0 amide bonds. The Morgan fingerprint density at radius 1 is 1.27 bits per heavy atom. The number of aryl methyl sites for hydroxylation is 1. The molecule has 2 aliphatic heterocycles. The third kappa shape index (κ3) is 3.61. The highest BCUT2D eigenvalue weighted by Crippen LogP contribution is 2.40. The van der Waals surface area contributed by atoms with Gasteiger partial charge < -0.3 is 15.3 Å². The minimum Gasteiger partial charge on any atom is -0.394 e. The quantitative estimate of drug-likeness (QED) is 0.731. The summed E-state index contributed by atoms with van der Waals surface area (Å²) in [6.45, 7) is 1.60. The zero-order valence-corrected chi connectivity index (χ0v) is 18.2. The SMILES string of the molecule is O=S1CCc2nc(N3CC=C(c4ncc(Cl)cn4)CC3)cc(NC3(CO)CCC3)c21. The van der Waals surface area contributed by atoms with Gasteiger partial charge in [-0.15, -0.1) is 0 Å². The van der Waals surface area contributed by atoms with Gasteiger partial charge in [-0.25, -0.2) is 15.0 Å². The number of nitrogens with zero attached hydrogens (tertiary/aromatic N) is 4. The third-order valence-corrected chi connectivity index (χ3v) is 7.92. The van der Waals surface area contributed by atoms with Gasteiger partial charge in [0, 0.05) is 43.7 Å². The molecule has 1 fully saturated rings. The van der Waals surface area contributed by atoms with Crippen LogP contribution in [0.1, 0.15) is 37.2 Å². The van der Waals surface area contributed by atoms with Gasteiger partial charge >= 0.3 is 0 Å². The number of halogens is 1. The van der Waals surface area contributed by atoms with Gasteiger partial charge in [-0.1, -0.05) is 17.7 Å². The molecule has 7 nitrogen and oxygen atoms in total. The monoisotopic (exact) mass is 445 g/mol. The first-order valence-corrected chi connectivity index (χ1v) is 12.0. The first-order chi connectivity index (χ1) is 14.6. The molecule has 5 rings (SSSR count). The van der Waals surface area contributed by atoms with Gasteiger partial charge in [0.15, 0.2) is 5.82 Å². The maximum absolute atomic E-state index is 12.6. The second kappa shape index (κ2) is 7.90. The number of rotatable bonds is 5. The number of aromatic nitrogens is 3. The molecule has 2 N–H and O–H groups in total. The van der Waals surface area contributed by atoms with Crippen molar-refractivity contribution in [2.75, 3.05) is 35.7 Å². The van der Waals surface area contributed by atoms with Crippen molar-refractivity contribution in [2.45, 2.75) is 42.5 Å². The van der Waals surface area contributed by atoms with E-state index >= 15 is 0 Å². The largest absolute Gasteiger partial charge is 0.394 e. The van der Waals surface area contributed by atoms with Crippen molar-refractivity contribution in [1.29, 1.82) is 0 Å². The molecule has 2 aromatic heterocycles. The summed E-state index contributed by atoms with van der Waals surface area (Å²) in [6.07, 6.45) is 9.87. The van der Waals surface area contributed by atoms with E-state index in [4.69, 9.17) is 16.6 Å². The number of fused-ring (bicyclic) bond motifs is 1. The summed E-state index contributed by atoms with van der Waals surface area (Å²) in [6, 6.07) is 2.01. The smallest absolute Gasteiger partial charge is 0.154 e. The van der Waals surface area contributed by atoms with Crippen molar-refractivity contribution in [2.24, 2.45) is 0 Å². The maximum atomic E-state index is 12.6. The number of hydrogen-bond acceptors (Lipinski definition) is 7. The standard InChI is InChI=1S/C21H24ClN5O2S/c22-15-11-23-20(24-12-15)14-2-7-27(8-3-14)18-10-17(26-21(13-28)5-1-6-21)19-16(25-18)4-9-30(19)29/h2,10-12,28H,1,3-9,13H2,(H,25,26). The van der Waals surface area contributed by atoms with Gasteiger partial charge in [0.25, 0.3) is 0 Å². The fourth-order valence-corrected chi connectivity index (χ4v) is 5.76. The van der Waals surface area contributed by atoms with Crippen molar-refractivity contribution >= 4 is 39.5 Å². The summed E-state index contributed by atoms with van der Waals surface area (Å²) in [5.41, 5.74) is 2.60. The molecule has 0 radical (unpaired) electrons. The van der Waals surface area contributed by atoms with E-state index in [2.05, 4.69) is 26.3 Å². The number of hydrogen-bond donors (Lipinski definition) is 2. The molecule has 0 bridgehead atoms. The van der Waals surface area contributed by atoms with Crippen LogP contribution in [0, 0.1) is 0 Å². The van der Waals surface area contributed by atoms with Crippen LogP contribution in [-0.2, 0) is 17.2 Å². The molecule has 9 heteroatoms. The molecule has 1 unspecified atom stereocenters. The van der Waals surface area contributed by atoms with E-state index in [1.807, 2.05) is 6.07 Å². The van der Waals surface area contributed by atoms with Crippen LogP contribution in [0.5, 0.6) is 0 Å². The molecule has 30 heavy (non-hydrogen) atoms. The van der Waals surface area contributed by atoms with Gasteiger partial charge in [0.05, 0.1) is 44.2 Å². The van der Waals surface area contributed by atoms with Crippen LogP contribution in [0.4, 0.5) is 11.5 Å². The van der Waals surface area contributed by atoms with Crippen molar-refractivity contribution in [1.82, 2.24) is 15.0 Å². The Hall–Kier alpha value is -2.03. The van der Waals surface area contributed by atoms with Crippen molar-refractivity contribution in [3.8, 4) is 0 Å². The Kier molecular flexibility index (Phi) is 5.24. The summed E-state index contributed by atoms with van der Waals surface area (Å²) < 4.78 is 12.6. The first kappa shape index (κ1) is 19.9. The average Bonchev–Trinajstić information content (AvgIpc) is 3.12. The van der Waals surface area contributed by atoms with Crippen LogP contribution in [0.15, 0.2) is 29.4 Å². The Morgan fingerprint density at radius 2 is 2.07 bits per heavy atom. The van der Waals surface area contributed by atoms with Crippen LogP contribution < -0.4 is 10.2 Å². The van der Waals surface area contributed by atoms with Crippen LogP contribution >= 0.6 is 11.6 Å². The molecule has 3 aliphatic rings. The molecular weight excluding hydrogens is 422 g/mol. The summed E-state index contributed by atoms with van der Waals surface area (Å²) in [5.74, 6) is 2.22. The first-order valence-electron chi connectivity index (χ1n) is 10.3. The lowest BCUT2D eigenvalue weighted by atomic mass is 9.77. The normalized spacial score (nSPS) is 22.3. The van der Waals surface area contributed by atoms with E-state index in [0.29, 0.717) is 23.1 Å². The van der Waals surface area contributed by atoms with Gasteiger partial charge in [-0.05, 0) is 31.3 Å². The van der Waals surface area contributed by atoms with Gasteiger partial charge in [0.2, 0.25) is 0 Å². The molecular formula is C21H24ClN5O2S. The van der Waals surface area contributed by atoms with Crippen LogP contribution in [-0.4, -0.2) is 55.3 Å². The lowest BCUT2D eigenvalue weighted by Gasteiger charge is -2.42. The van der Waals surface area contributed by atoms with Crippen molar-refractivity contribution in [3.05, 3.63) is 41.1 Å². The number of nitrogens with one attached hydrogen (secondary N) is 1. The highest BCUT2D eigenvalue weighted by atomic mass is 35.5. The molecule has 0 saturated heterocycles. The van der Waals surface area contributed by atoms with E-state index in [-0.39, 0.29) is 12.1 Å². The third-order valence-electron chi connectivity index (χ3n) is 6.24. The van der Waals surface area contributed by atoms with E-state index in [0.717, 1.165) is 66.3 Å². The van der Waals surface area contributed by atoms with E-state index < -0.39 is 10.8 Å². The Bertz CT molecular complexity index is 1020. The van der Waals surface area contributed by atoms with E-state index in [9.17, 15) is 9.32 Å². The summed E-state index contributed by atoms with van der Waals surface area (Å²) in [5, 5.41) is 14.0. The summed E-state index contributed by atoms with van der Waals surface area (Å²) >= 11 is 5.89. The Morgan fingerprint density at radius 3 is 2.70 bits per heavy atom. The fourth-order valence-electron chi connectivity index (χ4n) is 4.31. The second-order valence-corrected chi connectivity index (χ2v) is 10.1. The van der Waals surface area contributed by atoms with Crippen molar-refractivity contribution < 1.29 is 9.32 Å². The van der Waals surface area contributed by atoms with Gasteiger partial charge in [-0.2, -0.15) is 0 Å². The van der Waals surface area contributed by atoms with Crippen LogP contribution in [0.25, 0.3) is 5.57 Å². The van der Waals surface area contributed by atoms with Gasteiger partial charge in [-0.3, -0.25) is 4.21 Å². The minimum absolute atomic E-state index is 0.0863. The molecule has 1 saturated carbocycles. The number of aliphatic hydroxyl groups is 1. The van der Waals surface area contributed by atoms with E-state index in [1.54, 1.807) is 12.4 Å². The molecule has 4 heterocycles. The maximum Gasteiger partial charge on any atom is 0.154 e. The van der Waals surface area contributed by atoms with E-state index in [1.165, 1.54) is 0 Å². The molecule has 1 aliphatic carbocycles. The molecule has 2 aromatic rings. The lowest BCUT2D eigenvalue weighted by molar-refractivity contribution is 0.144. The number of pyridine rings is 1. The highest BCUT2D eigenvalue weighted by molar-refractivity contribution is 7.85.